The maximum atomic E-state index is 5.63. The van der Waals surface area contributed by atoms with Crippen LogP contribution >= 0.6 is 24.0 Å². The van der Waals surface area contributed by atoms with E-state index in [2.05, 4.69) is 34.7 Å². The largest absolute Gasteiger partial charge is 0.444 e. The van der Waals surface area contributed by atoms with Crippen LogP contribution in [0.2, 0.25) is 0 Å². The number of aliphatic imine (C=N–C) groups is 1. The quantitative estimate of drug-likeness (QED) is 0.299. The molecule has 3 rings (SSSR count). The number of hydrogen-bond donors (Lipinski definition) is 2. The van der Waals surface area contributed by atoms with Crippen molar-refractivity contribution in [1.82, 2.24) is 25.4 Å². The highest BCUT2D eigenvalue weighted by Gasteiger charge is 2.13. The summed E-state index contributed by atoms with van der Waals surface area (Å²) < 4.78 is 7.60. The third-order valence-corrected chi connectivity index (χ3v) is 4.66. The molecular formula is C21H29IN6O. The molecule has 0 bridgehead atoms. The summed E-state index contributed by atoms with van der Waals surface area (Å²) in [4.78, 5) is 9.13. The molecule has 0 saturated heterocycles. The minimum atomic E-state index is 0. The molecule has 1 aromatic carbocycles. The first-order chi connectivity index (χ1) is 13.5. The summed E-state index contributed by atoms with van der Waals surface area (Å²) in [5.74, 6) is 2.23. The van der Waals surface area contributed by atoms with Crippen LogP contribution < -0.4 is 10.6 Å². The molecule has 3 aromatic rings. The lowest BCUT2D eigenvalue weighted by atomic mass is 10.2. The molecule has 0 fully saturated rings. The zero-order valence-electron chi connectivity index (χ0n) is 17.6. The Hall–Kier alpha value is -2.36. The van der Waals surface area contributed by atoms with Crippen LogP contribution in [-0.2, 0) is 13.1 Å². The third-order valence-electron chi connectivity index (χ3n) is 4.66. The summed E-state index contributed by atoms with van der Waals surface area (Å²) >= 11 is 0. The van der Waals surface area contributed by atoms with Crippen molar-refractivity contribution in [2.24, 2.45) is 4.99 Å². The number of aromatic nitrogens is 3. The summed E-state index contributed by atoms with van der Waals surface area (Å²) in [7, 11) is 0. The fourth-order valence-electron chi connectivity index (χ4n) is 3.00. The van der Waals surface area contributed by atoms with E-state index in [-0.39, 0.29) is 24.0 Å². The summed E-state index contributed by atoms with van der Waals surface area (Å²) in [5, 5.41) is 11.2. The van der Waals surface area contributed by atoms with Crippen LogP contribution in [-0.4, -0.2) is 27.3 Å². The average molecular weight is 508 g/mol. The van der Waals surface area contributed by atoms with Gasteiger partial charge in [-0.3, -0.25) is 0 Å². The van der Waals surface area contributed by atoms with Gasteiger partial charge < -0.3 is 15.1 Å². The summed E-state index contributed by atoms with van der Waals surface area (Å²) in [6.07, 6.45) is 0. The molecule has 2 heterocycles. The molecule has 7 nitrogen and oxygen atoms in total. The number of nitrogens with zero attached hydrogens (tertiary/aromatic N) is 4. The highest BCUT2D eigenvalue weighted by Crippen LogP contribution is 2.18. The number of halogens is 1. The van der Waals surface area contributed by atoms with Gasteiger partial charge in [-0.15, -0.1) is 24.0 Å². The topological polar surface area (TPSA) is 80.3 Å². The molecule has 0 amide bonds. The predicted octanol–water partition coefficient (Wildman–Crippen LogP) is 3.97. The van der Waals surface area contributed by atoms with Gasteiger partial charge in [0.2, 0.25) is 5.89 Å². The van der Waals surface area contributed by atoms with Gasteiger partial charge in [-0.05, 0) is 46.8 Å². The van der Waals surface area contributed by atoms with E-state index in [9.17, 15) is 0 Å². The van der Waals surface area contributed by atoms with Crippen LogP contribution in [0.3, 0.4) is 0 Å². The van der Waals surface area contributed by atoms with E-state index in [0.29, 0.717) is 19.0 Å². The third kappa shape index (κ3) is 5.59. The molecule has 0 saturated carbocycles. The van der Waals surface area contributed by atoms with Crippen molar-refractivity contribution >= 4 is 29.9 Å². The summed E-state index contributed by atoms with van der Waals surface area (Å²) in [6, 6.07) is 10.1. The molecule has 0 spiro atoms. The van der Waals surface area contributed by atoms with E-state index in [1.165, 1.54) is 0 Å². The fraction of sp³-hybridized carbons (Fsp3) is 0.381. The Labute approximate surface area is 189 Å². The van der Waals surface area contributed by atoms with Crippen LogP contribution in [0.4, 0.5) is 0 Å². The maximum Gasteiger partial charge on any atom is 0.214 e. The number of guanidine groups is 1. The summed E-state index contributed by atoms with van der Waals surface area (Å²) in [6.45, 7) is 11.8. The van der Waals surface area contributed by atoms with Gasteiger partial charge in [0.05, 0.1) is 30.2 Å². The lowest BCUT2D eigenvalue weighted by Crippen LogP contribution is -2.36. The monoisotopic (exact) mass is 508 g/mol. The maximum absolute atomic E-state index is 5.63. The van der Waals surface area contributed by atoms with Crippen LogP contribution in [0.25, 0.3) is 5.69 Å². The number of oxazole rings is 1. The second-order valence-electron chi connectivity index (χ2n) is 6.69. The van der Waals surface area contributed by atoms with E-state index in [1.807, 2.05) is 50.6 Å². The number of aryl methyl sites for hydroxylation is 3. The van der Waals surface area contributed by atoms with Crippen molar-refractivity contribution in [3.63, 3.8) is 0 Å². The number of benzene rings is 1. The van der Waals surface area contributed by atoms with Crippen molar-refractivity contribution in [3.05, 3.63) is 64.6 Å². The van der Waals surface area contributed by atoms with Crippen LogP contribution in [0.15, 0.2) is 39.7 Å². The lowest BCUT2D eigenvalue weighted by molar-refractivity contribution is 0.463. The van der Waals surface area contributed by atoms with Gasteiger partial charge >= 0.3 is 0 Å². The first-order valence-electron chi connectivity index (χ1n) is 9.55. The van der Waals surface area contributed by atoms with Crippen LogP contribution in [0.5, 0.6) is 0 Å². The first-order valence-corrected chi connectivity index (χ1v) is 9.55. The minimum absolute atomic E-state index is 0. The molecule has 0 aliphatic carbocycles. The van der Waals surface area contributed by atoms with Gasteiger partial charge in [0.15, 0.2) is 5.96 Å². The predicted molar refractivity (Wildman–Crippen MR) is 126 cm³/mol. The van der Waals surface area contributed by atoms with Crippen LogP contribution in [0, 0.1) is 27.7 Å². The number of nitrogens with one attached hydrogen (secondary N) is 2. The lowest BCUT2D eigenvalue weighted by Gasteiger charge is -2.10. The molecule has 2 aromatic heterocycles. The standard InChI is InChI=1S/C21H28N6O.HI/c1-6-22-21(24-13-20-25-14(2)17(5)28-20)23-12-19-15(3)26-27(16(19)4)18-10-8-7-9-11-18;/h7-11H,6,12-13H2,1-5H3,(H2,22,23,24);1H. The normalized spacial score (nSPS) is 11.3. The minimum Gasteiger partial charge on any atom is -0.444 e. The van der Waals surface area contributed by atoms with Crippen LogP contribution in [0.1, 0.15) is 41.2 Å². The molecule has 0 aliphatic rings. The average Bonchev–Trinajstić information content (AvgIpc) is 3.16. The van der Waals surface area contributed by atoms with Gasteiger partial charge in [-0.2, -0.15) is 5.10 Å². The second-order valence-corrected chi connectivity index (χ2v) is 6.69. The van der Waals surface area contributed by atoms with Gasteiger partial charge in [-0.25, -0.2) is 14.7 Å². The Morgan fingerprint density at radius 2 is 1.79 bits per heavy atom. The Bertz CT molecular complexity index is 942. The van der Waals surface area contributed by atoms with Crippen molar-refractivity contribution in [3.8, 4) is 5.69 Å². The molecule has 0 unspecified atom stereocenters. The molecule has 0 aliphatic heterocycles. The first kappa shape index (κ1) is 22.9. The van der Waals surface area contributed by atoms with Gasteiger partial charge in [0.25, 0.3) is 0 Å². The van der Waals surface area contributed by atoms with Gasteiger partial charge in [-0.1, -0.05) is 18.2 Å². The van der Waals surface area contributed by atoms with Gasteiger partial charge in [0, 0.05) is 17.8 Å². The number of para-hydroxylation sites is 1. The Morgan fingerprint density at radius 1 is 1.07 bits per heavy atom. The SMILES string of the molecule is CCNC(=NCc1c(C)nn(-c2ccccc2)c1C)NCc1nc(C)c(C)o1.I. The molecular weight excluding hydrogens is 479 g/mol. The summed E-state index contributed by atoms with van der Waals surface area (Å²) in [5.41, 5.74) is 5.18. The molecule has 8 heteroatoms. The number of rotatable bonds is 6. The molecule has 2 N–H and O–H groups in total. The number of hydrogen-bond acceptors (Lipinski definition) is 4. The van der Waals surface area contributed by atoms with Crippen molar-refractivity contribution in [1.29, 1.82) is 0 Å². The highest BCUT2D eigenvalue weighted by atomic mass is 127. The van der Waals surface area contributed by atoms with Crippen molar-refractivity contribution < 1.29 is 4.42 Å². The van der Waals surface area contributed by atoms with E-state index in [0.717, 1.165) is 46.6 Å². The van der Waals surface area contributed by atoms with E-state index in [4.69, 9.17) is 14.5 Å². The zero-order chi connectivity index (χ0) is 20.1. The van der Waals surface area contributed by atoms with E-state index >= 15 is 0 Å². The highest BCUT2D eigenvalue weighted by molar-refractivity contribution is 14.0. The van der Waals surface area contributed by atoms with Gasteiger partial charge in [0.1, 0.15) is 5.76 Å². The fourth-order valence-corrected chi connectivity index (χ4v) is 3.00. The molecule has 156 valence electrons. The zero-order valence-corrected chi connectivity index (χ0v) is 19.9. The van der Waals surface area contributed by atoms with Crippen molar-refractivity contribution in [2.75, 3.05) is 6.54 Å². The van der Waals surface area contributed by atoms with E-state index in [1.54, 1.807) is 0 Å². The Morgan fingerprint density at radius 3 is 2.41 bits per heavy atom. The Balaban J connectivity index is 0.00000300. The Kier molecular flexibility index (Phi) is 8.24. The molecule has 29 heavy (non-hydrogen) atoms. The van der Waals surface area contributed by atoms with E-state index < -0.39 is 0 Å². The second kappa shape index (κ2) is 10.4. The molecule has 0 atom stereocenters. The molecule has 0 radical (unpaired) electrons. The van der Waals surface area contributed by atoms with Crippen molar-refractivity contribution in [2.45, 2.75) is 47.7 Å². The smallest absolute Gasteiger partial charge is 0.214 e.